The molecule has 0 heterocycles. The first-order chi connectivity index (χ1) is 38.0. The molecule has 0 spiro atoms. The van der Waals surface area contributed by atoms with Crippen molar-refractivity contribution in [1.29, 1.82) is 0 Å². The first-order valence-corrected chi connectivity index (χ1v) is 32.4. The molecule has 0 N–H and O–H groups in total. The minimum atomic E-state index is -0.790. The molecule has 440 valence electrons. The number of unbranched alkanes of at least 4 members (excludes halogenated alkanes) is 29. The van der Waals surface area contributed by atoms with Crippen molar-refractivity contribution in [2.24, 2.45) is 0 Å². The molecular formula is C71H120O6. The van der Waals surface area contributed by atoms with Gasteiger partial charge < -0.3 is 14.2 Å². The first-order valence-electron chi connectivity index (χ1n) is 32.4. The second-order valence-electron chi connectivity index (χ2n) is 21.3. The molecular weight excluding hydrogens is 949 g/mol. The van der Waals surface area contributed by atoms with Gasteiger partial charge in [-0.2, -0.15) is 0 Å². The van der Waals surface area contributed by atoms with Crippen LogP contribution >= 0.6 is 0 Å². The predicted molar refractivity (Wildman–Crippen MR) is 334 cm³/mol. The van der Waals surface area contributed by atoms with E-state index in [-0.39, 0.29) is 31.1 Å². The molecule has 6 nitrogen and oxygen atoms in total. The van der Waals surface area contributed by atoms with E-state index in [9.17, 15) is 14.4 Å². The van der Waals surface area contributed by atoms with Crippen LogP contribution in [-0.4, -0.2) is 37.2 Å². The van der Waals surface area contributed by atoms with Gasteiger partial charge in [-0.05, 0) is 122 Å². The molecule has 0 amide bonds. The second-order valence-corrected chi connectivity index (χ2v) is 21.3. The van der Waals surface area contributed by atoms with Crippen LogP contribution in [0.3, 0.4) is 0 Å². The number of carbonyl (C=O) groups excluding carboxylic acids is 3. The zero-order valence-electron chi connectivity index (χ0n) is 50.4. The fourth-order valence-electron chi connectivity index (χ4n) is 8.95. The van der Waals surface area contributed by atoms with Crippen molar-refractivity contribution in [1.82, 2.24) is 0 Å². The van der Waals surface area contributed by atoms with E-state index in [4.69, 9.17) is 14.2 Å². The number of rotatable bonds is 58. The summed E-state index contributed by atoms with van der Waals surface area (Å²) in [6, 6.07) is 0. The summed E-state index contributed by atoms with van der Waals surface area (Å²) in [5.74, 6) is -0.894. The lowest BCUT2D eigenvalue weighted by atomic mass is 10.1. The average Bonchev–Trinajstić information content (AvgIpc) is 3.43. The minimum absolute atomic E-state index is 0.0854. The molecule has 0 aliphatic heterocycles. The zero-order valence-corrected chi connectivity index (χ0v) is 50.4. The zero-order chi connectivity index (χ0) is 55.7. The normalized spacial score (nSPS) is 12.8. The highest BCUT2D eigenvalue weighted by molar-refractivity contribution is 5.71. The summed E-state index contributed by atoms with van der Waals surface area (Å²) in [4.78, 5) is 38.4. The Morgan fingerprint density at radius 2 is 0.506 bits per heavy atom. The first kappa shape index (κ1) is 73.1. The van der Waals surface area contributed by atoms with E-state index >= 15 is 0 Å². The van der Waals surface area contributed by atoms with E-state index in [0.29, 0.717) is 19.3 Å². The Morgan fingerprint density at radius 1 is 0.273 bits per heavy atom. The van der Waals surface area contributed by atoms with Crippen molar-refractivity contribution < 1.29 is 28.6 Å². The third-order valence-electron chi connectivity index (χ3n) is 13.7. The van der Waals surface area contributed by atoms with E-state index in [0.717, 1.165) is 116 Å². The van der Waals surface area contributed by atoms with Gasteiger partial charge in [0, 0.05) is 19.3 Å². The van der Waals surface area contributed by atoms with Crippen molar-refractivity contribution in [3.63, 3.8) is 0 Å². The summed E-state index contributed by atoms with van der Waals surface area (Å²) in [7, 11) is 0. The van der Waals surface area contributed by atoms with Crippen LogP contribution < -0.4 is 0 Å². The Balaban J connectivity index is 4.39. The summed E-state index contributed by atoms with van der Waals surface area (Å²) in [5, 5.41) is 0. The number of carbonyl (C=O) groups is 3. The molecule has 6 heteroatoms. The van der Waals surface area contributed by atoms with Crippen LogP contribution in [-0.2, 0) is 28.6 Å². The number of allylic oxidation sites excluding steroid dienone is 18. The number of hydrogen-bond donors (Lipinski definition) is 0. The van der Waals surface area contributed by atoms with E-state index < -0.39 is 6.10 Å². The van der Waals surface area contributed by atoms with Crippen LogP contribution in [0.1, 0.15) is 303 Å². The topological polar surface area (TPSA) is 78.9 Å². The van der Waals surface area contributed by atoms with Crippen LogP contribution in [0.5, 0.6) is 0 Å². The Bertz CT molecular complexity index is 1560. The summed E-state index contributed by atoms with van der Waals surface area (Å²) < 4.78 is 16.9. The van der Waals surface area contributed by atoms with E-state index in [1.807, 2.05) is 0 Å². The quantitative estimate of drug-likeness (QED) is 0.0261. The number of hydrogen-bond acceptors (Lipinski definition) is 6. The number of esters is 3. The molecule has 0 radical (unpaired) electrons. The lowest BCUT2D eigenvalue weighted by Crippen LogP contribution is -2.30. The maximum atomic E-state index is 12.9. The summed E-state index contributed by atoms with van der Waals surface area (Å²) in [5.41, 5.74) is 0. The molecule has 0 fully saturated rings. The Hall–Kier alpha value is -3.93. The lowest BCUT2D eigenvalue weighted by Gasteiger charge is -2.18. The molecule has 77 heavy (non-hydrogen) atoms. The SMILES string of the molecule is CC/C=C\C/C=C\C/C=C\C/C=C\CCCCCCCCCCCCC(=O)OCC(COC(=O)CCCCCCCCC/C=C\C/C=C\C/C=C\CC)OC(=O)CCCCCCCCCCC/C=C\C/C=C\CCCCC. The molecule has 0 bridgehead atoms. The molecule has 0 rings (SSSR count). The van der Waals surface area contributed by atoms with Gasteiger partial charge in [-0.3, -0.25) is 14.4 Å². The average molecular weight is 1070 g/mol. The minimum Gasteiger partial charge on any atom is -0.462 e. The fraction of sp³-hybridized carbons (Fsp3) is 0.704. The van der Waals surface area contributed by atoms with Gasteiger partial charge in [0.15, 0.2) is 6.10 Å². The van der Waals surface area contributed by atoms with Crippen molar-refractivity contribution in [2.75, 3.05) is 13.2 Å². The fourth-order valence-corrected chi connectivity index (χ4v) is 8.95. The van der Waals surface area contributed by atoms with Crippen molar-refractivity contribution in [3.8, 4) is 0 Å². The Morgan fingerprint density at radius 3 is 0.792 bits per heavy atom. The van der Waals surface area contributed by atoms with E-state index in [2.05, 4.69) is 130 Å². The monoisotopic (exact) mass is 1070 g/mol. The predicted octanol–water partition coefficient (Wildman–Crippen LogP) is 22.2. The lowest BCUT2D eigenvalue weighted by molar-refractivity contribution is -0.167. The molecule has 0 aromatic carbocycles. The van der Waals surface area contributed by atoms with E-state index in [1.54, 1.807) is 0 Å². The van der Waals surface area contributed by atoms with Gasteiger partial charge in [0.2, 0.25) is 0 Å². The van der Waals surface area contributed by atoms with Crippen molar-refractivity contribution in [2.45, 2.75) is 309 Å². The molecule has 1 atom stereocenters. The molecule has 1 unspecified atom stereocenters. The van der Waals surface area contributed by atoms with Crippen LogP contribution in [0.4, 0.5) is 0 Å². The Labute approximate surface area is 476 Å². The van der Waals surface area contributed by atoms with Gasteiger partial charge in [-0.25, -0.2) is 0 Å². The number of ether oxygens (including phenoxy) is 3. The maximum absolute atomic E-state index is 12.9. The molecule has 0 aliphatic carbocycles. The van der Waals surface area contributed by atoms with Crippen LogP contribution in [0, 0.1) is 0 Å². The standard InChI is InChI=1S/C71H120O6/c1-4-7-10-13-16-19-22-25-28-31-33-34-35-36-38-40-43-46-49-52-55-58-61-64-70(73)76-67-68(66-75-69(72)63-60-57-54-51-48-45-42-39-30-27-24-21-18-15-12-9-6-3)77-71(74)65-62-59-56-53-50-47-44-41-37-32-29-26-23-20-17-14-11-8-5-2/h7,9-10,12,16-21,25-30,33-34,68H,4-6,8,11,13-15,22-24,31-32,35-67H2,1-3H3/b10-7-,12-9-,19-16-,20-17-,21-18-,28-25-,29-26-,30-27-,34-33-. The van der Waals surface area contributed by atoms with Crippen LogP contribution in [0.15, 0.2) is 109 Å². The largest absolute Gasteiger partial charge is 0.462 e. The van der Waals surface area contributed by atoms with Gasteiger partial charge >= 0.3 is 17.9 Å². The third-order valence-corrected chi connectivity index (χ3v) is 13.7. The van der Waals surface area contributed by atoms with Crippen LogP contribution in [0.2, 0.25) is 0 Å². The summed E-state index contributed by atoms with van der Waals surface area (Å²) in [6.45, 7) is 6.40. The van der Waals surface area contributed by atoms with Gasteiger partial charge in [0.25, 0.3) is 0 Å². The van der Waals surface area contributed by atoms with Crippen LogP contribution in [0.25, 0.3) is 0 Å². The highest BCUT2D eigenvalue weighted by atomic mass is 16.6. The van der Waals surface area contributed by atoms with E-state index in [1.165, 1.54) is 148 Å². The summed E-state index contributed by atoms with van der Waals surface area (Å²) in [6.07, 6.45) is 88.0. The van der Waals surface area contributed by atoms with Gasteiger partial charge in [0.1, 0.15) is 13.2 Å². The van der Waals surface area contributed by atoms with Gasteiger partial charge in [0.05, 0.1) is 0 Å². The Kier molecular flexibility index (Phi) is 61.3. The molecule has 0 saturated heterocycles. The van der Waals surface area contributed by atoms with Crippen molar-refractivity contribution >= 4 is 17.9 Å². The van der Waals surface area contributed by atoms with Crippen molar-refractivity contribution in [3.05, 3.63) is 109 Å². The molecule has 0 aliphatic rings. The molecule has 0 saturated carbocycles. The molecule has 0 aromatic heterocycles. The highest BCUT2D eigenvalue weighted by Crippen LogP contribution is 2.16. The second kappa shape index (κ2) is 64.6. The summed E-state index contributed by atoms with van der Waals surface area (Å²) >= 11 is 0. The van der Waals surface area contributed by atoms with Gasteiger partial charge in [-0.1, -0.05) is 271 Å². The van der Waals surface area contributed by atoms with Gasteiger partial charge in [-0.15, -0.1) is 0 Å². The maximum Gasteiger partial charge on any atom is 0.306 e. The highest BCUT2D eigenvalue weighted by Gasteiger charge is 2.19. The smallest absolute Gasteiger partial charge is 0.306 e. The molecule has 0 aromatic rings. The third kappa shape index (κ3) is 62.8.